The van der Waals surface area contributed by atoms with E-state index in [1.165, 1.54) is 12.1 Å². The number of aryl methyl sites for hydroxylation is 1. The molecule has 0 radical (unpaired) electrons. The molecule has 0 saturated carbocycles. The number of carbonyl (C=O) groups excluding carboxylic acids is 2. The van der Waals surface area contributed by atoms with E-state index in [2.05, 4.69) is 4.99 Å². The lowest BCUT2D eigenvalue weighted by molar-refractivity contribution is -0.385. The Bertz CT molecular complexity index is 1290. The minimum Gasteiger partial charge on any atom is -0.423 e. The van der Waals surface area contributed by atoms with Crippen molar-refractivity contribution in [2.24, 2.45) is 4.99 Å². The number of nitrogens with zero attached hydrogens (tertiary/aromatic N) is 2. The van der Waals surface area contributed by atoms with E-state index >= 15 is 0 Å². The molecule has 158 valence electrons. The van der Waals surface area contributed by atoms with Crippen LogP contribution in [0, 0.1) is 17.0 Å². The summed E-state index contributed by atoms with van der Waals surface area (Å²) in [7, 11) is 0. The summed E-state index contributed by atoms with van der Waals surface area (Å²) in [5.74, 6) is -0.902. The average Bonchev–Trinajstić information content (AvgIpc) is 3.14. The zero-order valence-electron chi connectivity index (χ0n) is 16.8. The van der Waals surface area contributed by atoms with Gasteiger partial charge in [-0.1, -0.05) is 36.4 Å². The highest BCUT2D eigenvalue weighted by molar-refractivity contribution is 6.13. The summed E-state index contributed by atoms with van der Waals surface area (Å²) < 4.78 is 10.6. The van der Waals surface area contributed by atoms with Gasteiger partial charge in [0.15, 0.2) is 5.70 Å². The van der Waals surface area contributed by atoms with Crippen molar-refractivity contribution in [1.82, 2.24) is 0 Å². The van der Waals surface area contributed by atoms with Gasteiger partial charge in [0.1, 0.15) is 5.75 Å². The molecule has 4 rings (SSSR count). The highest BCUT2D eigenvalue weighted by Crippen LogP contribution is 2.25. The Morgan fingerprint density at radius 1 is 1.06 bits per heavy atom. The molecule has 3 aromatic rings. The van der Waals surface area contributed by atoms with E-state index in [1.54, 1.807) is 73.7 Å². The van der Waals surface area contributed by atoms with Crippen molar-refractivity contribution in [3.63, 3.8) is 0 Å². The van der Waals surface area contributed by atoms with E-state index in [-0.39, 0.29) is 17.3 Å². The molecule has 0 fully saturated rings. The lowest BCUT2D eigenvalue weighted by Gasteiger charge is -2.05. The van der Waals surface area contributed by atoms with Crippen LogP contribution in [0.3, 0.4) is 0 Å². The third-order valence-electron chi connectivity index (χ3n) is 4.65. The van der Waals surface area contributed by atoms with Gasteiger partial charge in [-0.3, -0.25) is 10.1 Å². The van der Waals surface area contributed by atoms with Crippen LogP contribution in [0.5, 0.6) is 5.75 Å². The lowest BCUT2D eigenvalue weighted by Crippen LogP contribution is -2.08. The van der Waals surface area contributed by atoms with E-state index < -0.39 is 16.9 Å². The van der Waals surface area contributed by atoms with Crippen LogP contribution in [0.4, 0.5) is 5.69 Å². The number of nitro groups is 1. The van der Waals surface area contributed by atoms with Crippen LogP contribution in [0.15, 0.2) is 83.5 Å². The molecule has 0 saturated heterocycles. The van der Waals surface area contributed by atoms with Gasteiger partial charge in [0.2, 0.25) is 5.90 Å². The maximum atomic E-state index is 12.3. The number of rotatable bonds is 5. The molecule has 0 atom stereocenters. The van der Waals surface area contributed by atoms with E-state index in [4.69, 9.17) is 9.47 Å². The Balaban J connectivity index is 1.58. The lowest BCUT2D eigenvalue weighted by atomic mass is 10.1. The Morgan fingerprint density at radius 3 is 2.59 bits per heavy atom. The molecule has 3 aromatic carbocycles. The molecule has 1 aliphatic heterocycles. The smallest absolute Gasteiger partial charge is 0.363 e. The second-order valence-corrected chi connectivity index (χ2v) is 6.92. The number of cyclic esters (lactones) is 1. The molecule has 0 aliphatic carbocycles. The van der Waals surface area contributed by atoms with Gasteiger partial charge in [0, 0.05) is 17.2 Å². The first-order valence-corrected chi connectivity index (χ1v) is 9.56. The van der Waals surface area contributed by atoms with Gasteiger partial charge in [-0.25, -0.2) is 14.6 Å². The number of benzene rings is 3. The largest absolute Gasteiger partial charge is 0.423 e. The van der Waals surface area contributed by atoms with Crippen molar-refractivity contribution in [2.75, 3.05) is 0 Å². The van der Waals surface area contributed by atoms with E-state index in [1.807, 2.05) is 0 Å². The first-order chi connectivity index (χ1) is 15.4. The predicted molar refractivity (Wildman–Crippen MR) is 116 cm³/mol. The van der Waals surface area contributed by atoms with Crippen LogP contribution in [-0.2, 0) is 9.53 Å². The van der Waals surface area contributed by atoms with E-state index in [0.29, 0.717) is 28.0 Å². The Kier molecular flexibility index (Phi) is 5.59. The first kappa shape index (κ1) is 20.7. The molecule has 1 aliphatic rings. The van der Waals surface area contributed by atoms with Crippen LogP contribution in [0.1, 0.15) is 27.0 Å². The maximum absolute atomic E-state index is 12.3. The van der Waals surface area contributed by atoms with Gasteiger partial charge < -0.3 is 9.47 Å². The standard InChI is InChI=1S/C24H16N2O6/c1-15-10-11-18(14-21(15)26(29)30)22-25-20(24(28)32-22)13-16-6-5-9-19(12-16)31-23(27)17-7-3-2-4-8-17/h2-14H,1H3/b20-13-. The zero-order chi connectivity index (χ0) is 22.7. The van der Waals surface area contributed by atoms with Crippen LogP contribution >= 0.6 is 0 Å². The fourth-order valence-electron chi connectivity index (χ4n) is 3.04. The number of carbonyl (C=O) groups is 2. The van der Waals surface area contributed by atoms with Crippen LogP contribution in [0.25, 0.3) is 6.08 Å². The number of hydrogen-bond donors (Lipinski definition) is 0. The fraction of sp³-hybridized carbons (Fsp3) is 0.0417. The molecular formula is C24H16N2O6. The van der Waals surface area contributed by atoms with Crippen LogP contribution < -0.4 is 4.74 Å². The van der Waals surface area contributed by atoms with Gasteiger partial charge in [-0.2, -0.15) is 0 Å². The van der Waals surface area contributed by atoms with Gasteiger partial charge >= 0.3 is 11.9 Å². The molecule has 0 spiro atoms. The van der Waals surface area contributed by atoms with Crippen LogP contribution in [0.2, 0.25) is 0 Å². The summed E-state index contributed by atoms with van der Waals surface area (Å²) >= 11 is 0. The van der Waals surface area contributed by atoms with Crippen molar-refractivity contribution >= 4 is 29.6 Å². The summed E-state index contributed by atoms with van der Waals surface area (Å²) in [6.45, 7) is 1.62. The molecular weight excluding hydrogens is 412 g/mol. The summed E-state index contributed by atoms with van der Waals surface area (Å²) in [6, 6.07) is 19.6. The number of ether oxygens (including phenoxy) is 2. The van der Waals surface area contributed by atoms with Crippen molar-refractivity contribution in [2.45, 2.75) is 6.92 Å². The third-order valence-corrected chi connectivity index (χ3v) is 4.65. The topological polar surface area (TPSA) is 108 Å². The second-order valence-electron chi connectivity index (χ2n) is 6.92. The molecule has 8 nitrogen and oxygen atoms in total. The minimum absolute atomic E-state index is 0.0176. The van der Waals surface area contributed by atoms with E-state index in [0.717, 1.165) is 0 Å². The van der Waals surface area contributed by atoms with Crippen molar-refractivity contribution in [3.8, 4) is 5.75 Å². The highest BCUT2D eigenvalue weighted by Gasteiger charge is 2.26. The molecule has 0 bridgehead atoms. The molecule has 1 heterocycles. The number of nitro benzene ring substituents is 1. The molecule has 0 amide bonds. The highest BCUT2D eigenvalue weighted by atomic mass is 16.6. The Hall–Kier alpha value is -4.59. The van der Waals surface area contributed by atoms with Crippen molar-refractivity contribution in [1.29, 1.82) is 0 Å². The number of hydrogen-bond acceptors (Lipinski definition) is 7. The quantitative estimate of drug-likeness (QED) is 0.195. The normalized spacial score (nSPS) is 14.1. The minimum atomic E-state index is -0.685. The third kappa shape index (κ3) is 4.44. The average molecular weight is 428 g/mol. The number of aliphatic imine (C=N–C) groups is 1. The van der Waals surface area contributed by atoms with Crippen LogP contribution in [-0.4, -0.2) is 22.8 Å². The molecule has 0 N–H and O–H groups in total. The second kappa shape index (κ2) is 8.65. The van der Waals surface area contributed by atoms with Crippen molar-refractivity contribution in [3.05, 3.63) is 111 Å². The summed E-state index contributed by atoms with van der Waals surface area (Å²) in [5.41, 5.74) is 1.72. The molecule has 8 heteroatoms. The molecule has 0 aromatic heterocycles. The van der Waals surface area contributed by atoms with Gasteiger partial charge in [0.05, 0.1) is 10.5 Å². The van der Waals surface area contributed by atoms with E-state index in [9.17, 15) is 19.7 Å². The summed E-state index contributed by atoms with van der Waals surface area (Å²) in [5, 5.41) is 11.2. The zero-order valence-corrected chi connectivity index (χ0v) is 16.8. The SMILES string of the molecule is Cc1ccc(C2=N/C(=C\c3cccc(OC(=O)c4ccccc4)c3)C(=O)O2)cc1[N+](=O)[O-]. The van der Waals surface area contributed by atoms with Gasteiger partial charge in [-0.15, -0.1) is 0 Å². The Labute approximate surface area is 182 Å². The van der Waals surface area contributed by atoms with Gasteiger partial charge in [-0.05, 0) is 48.9 Å². The van der Waals surface area contributed by atoms with Gasteiger partial charge in [0.25, 0.3) is 5.69 Å². The number of esters is 2. The summed E-state index contributed by atoms with van der Waals surface area (Å²) in [4.78, 5) is 39.4. The monoisotopic (exact) mass is 428 g/mol. The summed E-state index contributed by atoms with van der Waals surface area (Å²) in [6.07, 6.45) is 1.48. The Morgan fingerprint density at radius 2 is 1.84 bits per heavy atom. The fourth-order valence-corrected chi connectivity index (χ4v) is 3.04. The molecule has 32 heavy (non-hydrogen) atoms. The first-order valence-electron chi connectivity index (χ1n) is 9.56. The predicted octanol–water partition coefficient (Wildman–Crippen LogP) is 4.47. The molecule has 0 unspecified atom stereocenters. The van der Waals surface area contributed by atoms with Crippen molar-refractivity contribution < 1.29 is 24.0 Å². The maximum Gasteiger partial charge on any atom is 0.363 e.